The lowest BCUT2D eigenvalue weighted by Gasteiger charge is -2.20. The monoisotopic (exact) mass is 240 g/mol. The van der Waals surface area contributed by atoms with Gasteiger partial charge in [0.15, 0.2) is 0 Å². The molecular weight excluding hydrogens is 223 g/mol. The van der Waals surface area contributed by atoms with E-state index in [0.717, 1.165) is 5.56 Å². The van der Waals surface area contributed by atoms with E-state index in [1.54, 1.807) is 24.3 Å². The largest absolute Gasteiger partial charge is 0.375 e. The third-order valence-electron chi connectivity index (χ3n) is 2.38. The zero-order chi connectivity index (χ0) is 12.8. The van der Waals surface area contributed by atoms with Crippen LogP contribution in [0.25, 0.3) is 0 Å². The van der Waals surface area contributed by atoms with E-state index in [-0.39, 0.29) is 5.91 Å². The van der Waals surface area contributed by atoms with Gasteiger partial charge in [0, 0.05) is 19.7 Å². The van der Waals surface area contributed by atoms with E-state index < -0.39 is 18.8 Å². The zero-order valence-corrected chi connectivity index (χ0v) is 9.94. The Bertz CT molecular complexity index is 367. The Hall–Kier alpha value is -1.46. The third-order valence-corrected chi connectivity index (χ3v) is 2.38. The normalized spacial score (nSPS) is 14.1. The molecule has 0 bridgehead atoms. The lowest BCUT2D eigenvalue weighted by atomic mass is 10.0. The number of alkyl halides is 1. The van der Waals surface area contributed by atoms with Gasteiger partial charge in [0.25, 0.3) is 0 Å². The summed E-state index contributed by atoms with van der Waals surface area (Å²) in [5, 5.41) is 2.65. The molecule has 5 heteroatoms. The lowest BCUT2D eigenvalue weighted by molar-refractivity contribution is -0.114. The van der Waals surface area contributed by atoms with Crippen molar-refractivity contribution in [2.45, 2.75) is 19.1 Å². The summed E-state index contributed by atoms with van der Waals surface area (Å²) in [7, 11) is 1.49. The molecule has 4 nitrogen and oxygen atoms in total. The van der Waals surface area contributed by atoms with Gasteiger partial charge >= 0.3 is 0 Å². The van der Waals surface area contributed by atoms with Gasteiger partial charge in [-0.3, -0.25) is 4.79 Å². The van der Waals surface area contributed by atoms with Gasteiger partial charge in [-0.15, -0.1) is 0 Å². The number of anilines is 1. The van der Waals surface area contributed by atoms with Crippen molar-refractivity contribution >= 4 is 11.6 Å². The van der Waals surface area contributed by atoms with Crippen LogP contribution in [0.1, 0.15) is 18.6 Å². The van der Waals surface area contributed by atoms with Crippen molar-refractivity contribution in [2.75, 3.05) is 19.1 Å². The van der Waals surface area contributed by atoms with Crippen LogP contribution in [0.4, 0.5) is 10.1 Å². The minimum absolute atomic E-state index is 0.137. The Labute approximate surface area is 100.0 Å². The molecule has 94 valence electrons. The van der Waals surface area contributed by atoms with Crippen LogP contribution in [0.2, 0.25) is 0 Å². The maximum atomic E-state index is 12.5. The first-order valence-electron chi connectivity index (χ1n) is 5.30. The van der Waals surface area contributed by atoms with Crippen molar-refractivity contribution in [2.24, 2.45) is 5.73 Å². The molecule has 0 aliphatic rings. The number of nitrogens with two attached hydrogens (primary N) is 1. The van der Waals surface area contributed by atoms with Crippen LogP contribution in [0, 0.1) is 0 Å². The molecule has 0 saturated heterocycles. The maximum Gasteiger partial charge on any atom is 0.221 e. The molecule has 1 amide bonds. The summed E-state index contributed by atoms with van der Waals surface area (Å²) < 4.78 is 17.7. The van der Waals surface area contributed by atoms with Crippen LogP contribution in [-0.4, -0.2) is 25.7 Å². The second-order valence-electron chi connectivity index (χ2n) is 3.78. The van der Waals surface area contributed by atoms with Crippen LogP contribution < -0.4 is 11.1 Å². The van der Waals surface area contributed by atoms with Crippen molar-refractivity contribution < 1.29 is 13.9 Å². The van der Waals surface area contributed by atoms with Gasteiger partial charge in [0.2, 0.25) is 5.91 Å². The molecule has 0 heterocycles. The highest BCUT2D eigenvalue weighted by atomic mass is 19.1. The van der Waals surface area contributed by atoms with E-state index in [0.29, 0.717) is 5.69 Å². The Morgan fingerprint density at radius 1 is 1.47 bits per heavy atom. The van der Waals surface area contributed by atoms with Crippen LogP contribution >= 0.6 is 0 Å². The van der Waals surface area contributed by atoms with Crippen LogP contribution in [0.15, 0.2) is 24.3 Å². The van der Waals surface area contributed by atoms with Crippen LogP contribution in [0.5, 0.6) is 0 Å². The summed E-state index contributed by atoms with van der Waals surface area (Å²) in [5.41, 5.74) is 7.08. The molecule has 3 N–H and O–H groups in total. The average molecular weight is 240 g/mol. The number of halogens is 1. The molecule has 0 aromatic heterocycles. The first-order valence-corrected chi connectivity index (χ1v) is 5.30. The van der Waals surface area contributed by atoms with E-state index in [4.69, 9.17) is 10.5 Å². The van der Waals surface area contributed by atoms with E-state index in [2.05, 4.69) is 5.32 Å². The topological polar surface area (TPSA) is 64.3 Å². The molecular formula is C12H17FN2O2. The fraction of sp³-hybridized carbons (Fsp3) is 0.417. The van der Waals surface area contributed by atoms with Crippen molar-refractivity contribution in [3.63, 3.8) is 0 Å². The van der Waals surface area contributed by atoms with E-state index in [1.165, 1.54) is 14.0 Å². The standard InChI is InChI=1S/C12H17FN2O2/c1-8(16)15-10-5-3-9(4-6-10)12(17-2)11(14)7-13/h3-6,11-12H,7,14H2,1-2H3,(H,15,16)/t11-,12-/m1/s1. The SMILES string of the molecule is CO[C@H](c1ccc(NC(C)=O)cc1)[C@H](N)CF. The zero-order valence-electron chi connectivity index (χ0n) is 9.94. The van der Waals surface area contributed by atoms with Gasteiger partial charge in [0.1, 0.15) is 6.67 Å². The molecule has 17 heavy (non-hydrogen) atoms. The molecule has 0 aliphatic carbocycles. The summed E-state index contributed by atoms with van der Waals surface area (Å²) >= 11 is 0. The number of hydrogen-bond donors (Lipinski definition) is 2. The molecule has 0 saturated carbocycles. The summed E-state index contributed by atoms with van der Waals surface area (Å²) in [6.45, 7) is 0.789. The van der Waals surface area contributed by atoms with Gasteiger partial charge in [0.05, 0.1) is 12.1 Å². The number of amides is 1. The van der Waals surface area contributed by atoms with Crippen molar-refractivity contribution in [3.05, 3.63) is 29.8 Å². The summed E-state index contributed by atoms with van der Waals surface area (Å²) in [6, 6.07) is 6.29. The smallest absolute Gasteiger partial charge is 0.221 e. The number of carbonyl (C=O) groups excluding carboxylic acids is 1. The molecule has 0 spiro atoms. The van der Waals surface area contributed by atoms with Crippen molar-refractivity contribution in [1.29, 1.82) is 0 Å². The fourth-order valence-electron chi connectivity index (χ4n) is 1.60. The molecule has 0 unspecified atom stereocenters. The number of rotatable bonds is 5. The number of hydrogen-bond acceptors (Lipinski definition) is 3. The van der Waals surface area contributed by atoms with Gasteiger partial charge in [-0.2, -0.15) is 0 Å². The van der Waals surface area contributed by atoms with E-state index in [9.17, 15) is 9.18 Å². The van der Waals surface area contributed by atoms with Gasteiger partial charge in [-0.05, 0) is 17.7 Å². The summed E-state index contributed by atoms with van der Waals surface area (Å²) in [4.78, 5) is 10.8. The third kappa shape index (κ3) is 3.80. The van der Waals surface area contributed by atoms with Gasteiger partial charge < -0.3 is 15.8 Å². The lowest BCUT2D eigenvalue weighted by Crippen LogP contribution is -2.31. The second kappa shape index (κ2) is 6.32. The number of carbonyl (C=O) groups is 1. The van der Waals surface area contributed by atoms with E-state index in [1.807, 2.05) is 0 Å². The second-order valence-corrected chi connectivity index (χ2v) is 3.78. The fourth-order valence-corrected chi connectivity index (χ4v) is 1.60. The molecule has 2 atom stereocenters. The highest BCUT2D eigenvalue weighted by Gasteiger charge is 2.19. The van der Waals surface area contributed by atoms with Gasteiger partial charge in [-0.25, -0.2) is 4.39 Å². The Morgan fingerprint density at radius 3 is 2.47 bits per heavy atom. The molecule has 0 fully saturated rings. The average Bonchev–Trinajstić information content (AvgIpc) is 2.31. The first-order chi connectivity index (χ1) is 8.08. The number of benzene rings is 1. The van der Waals surface area contributed by atoms with Crippen molar-refractivity contribution in [1.82, 2.24) is 0 Å². The van der Waals surface area contributed by atoms with Crippen LogP contribution in [-0.2, 0) is 9.53 Å². The number of nitrogens with one attached hydrogen (secondary N) is 1. The Morgan fingerprint density at radius 2 is 2.06 bits per heavy atom. The summed E-state index contributed by atoms with van der Waals surface area (Å²) in [6.07, 6.45) is -0.480. The van der Waals surface area contributed by atoms with E-state index >= 15 is 0 Å². The quantitative estimate of drug-likeness (QED) is 0.822. The maximum absolute atomic E-state index is 12.5. The summed E-state index contributed by atoms with van der Waals surface area (Å²) in [5.74, 6) is -0.137. The molecule has 0 radical (unpaired) electrons. The molecule has 1 aromatic carbocycles. The van der Waals surface area contributed by atoms with Crippen molar-refractivity contribution in [3.8, 4) is 0 Å². The van der Waals surface area contributed by atoms with Gasteiger partial charge in [-0.1, -0.05) is 12.1 Å². The minimum Gasteiger partial charge on any atom is -0.375 e. The molecule has 1 rings (SSSR count). The number of methoxy groups -OCH3 is 1. The highest BCUT2D eigenvalue weighted by molar-refractivity contribution is 5.88. The highest BCUT2D eigenvalue weighted by Crippen LogP contribution is 2.21. The number of ether oxygens (including phenoxy) is 1. The Kier molecular flexibility index (Phi) is 5.06. The minimum atomic E-state index is -0.688. The predicted molar refractivity (Wildman–Crippen MR) is 64.4 cm³/mol. The molecule has 1 aromatic rings. The molecule has 0 aliphatic heterocycles. The first kappa shape index (κ1) is 13.6. The Balaban J connectivity index is 2.81. The predicted octanol–water partition coefficient (Wildman–Crippen LogP) is 1.63. The van der Waals surface area contributed by atoms with Crippen LogP contribution in [0.3, 0.4) is 0 Å².